The van der Waals surface area contributed by atoms with E-state index in [1.165, 1.54) is 31.6 Å². The minimum atomic E-state index is 0.412. The Labute approximate surface area is 117 Å². The predicted octanol–water partition coefficient (Wildman–Crippen LogP) is 2.08. The first kappa shape index (κ1) is 16.3. The van der Waals surface area contributed by atoms with Crippen LogP contribution in [-0.2, 0) is 4.74 Å². The molecule has 1 unspecified atom stereocenters. The SMILES string of the molecule is CNCC1(CN(C)C(C)CCSC)CCOCC1. The minimum Gasteiger partial charge on any atom is -0.381 e. The molecule has 1 saturated heterocycles. The highest BCUT2D eigenvalue weighted by atomic mass is 32.2. The van der Waals surface area contributed by atoms with E-state index >= 15 is 0 Å². The van der Waals surface area contributed by atoms with Crippen LogP contribution in [0.3, 0.4) is 0 Å². The zero-order valence-electron chi connectivity index (χ0n) is 12.5. The zero-order chi connectivity index (χ0) is 13.4. The van der Waals surface area contributed by atoms with E-state index in [9.17, 15) is 0 Å². The second kappa shape index (κ2) is 8.41. The number of nitrogens with one attached hydrogen (secondary N) is 1. The Morgan fingerprint density at radius 1 is 1.39 bits per heavy atom. The lowest BCUT2D eigenvalue weighted by molar-refractivity contribution is -0.00488. The molecule has 0 spiro atoms. The highest BCUT2D eigenvalue weighted by Gasteiger charge is 2.33. The van der Waals surface area contributed by atoms with Crippen LogP contribution in [0.5, 0.6) is 0 Å². The molecule has 0 aliphatic carbocycles. The van der Waals surface area contributed by atoms with Gasteiger partial charge in [0.05, 0.1) is 0 Å². The molecule has 0 radical (unpaired) electrons. The van der Waals surface area contributed by atoms with Gasteiger partial charge in [0.1, 0.15) is 0 Å². The Kier molecular flexibility index (Phi) is 7.61. The molecule has 0 saturated carbocycles. The van der Waals surface area contributed by atoms with E-state index in [1.807, 2.05) is 11.8 Å². The van der Waals surface area contributed by atoms with E-state index in [0.29, 0.717) is 11.5 Å². The summed E-state index contributed by atoms with van der Waals surface area (Å²) in [6.45, 7) is 6.49. The van der Waals surface area contributed by atoms with Crippen molar-refractivity contribution in [3.8, 4) is 0 Å². The highest BCUT2D eigenvalue weighted by Crippen LogP contribution is 2.31. The Morgan fingerprint density at radius 3 is 2.61 bits per heavy atom. The average molecular weight is 274 g/mol. The molecule has 0 aromatic rings. The third-order valence-corrected chi connectivity index (χ3v) is 4.83. The molecule has 1 atom stereocenters. The summed E-state index contributed by atoms with van der Waals surface area (Å²) in [6.07, 6.45) is 5.85. The second-order valence-electron chi connectivity index (χ2n) is 5.69. The van der Waals surface area contributed by atoms with Gasteiger partial charge in [-0.05, 0) is 57.7 Å². The molecule has 1 aliphatic rings. The fraction of sp³-hybridized carbons (Fsp3) is 1.00. The number of rotatable bonds is 8. The molecule has 0 bridgehead atoms. The number of thioether (sulfide) groups is 1. The van der Waals surface area contributed by atoms with Crippen molar-refractivity contribution in [2.24, 2.45) is 5.41 Å². The Bertz CT molecular complexity index is 214. The highest BCUT2D eigenvalue weighted by molar-refractivity contribution is 7.98. The Hall–Kier alpha value is 0.230. The zero-order valence-corrected chi connectivity index (χ0v) is 13.3. The standard InChI is InChI=1S/C14H30N2OS/c1-13(5-10-18-4)16(3)12-14(11-15-2)6-8-17-9-7-14/h13,15H,5-12H2,1-4H3. The van der Waals surface area contributed by atoms with Crippen LogP contribution in [0.2, 0.25) is 0 Å². The lowest BCUT2D eigenvalue weighted by atomic mass is 9.79. The van der Waals surface area contributed by atoms with Crippen LogP contribution in [0.1, 0.15) is 26.2 Å². The van der Waals surface area contributed by atoms with E-state index in [0.717, 1.165) is 19.8 Å². The van der Waals surface area contributed by atoms with Gasteiger partial charge in [-0.3, -0.25) is 0 Å². The van der Waals surface area contributed by atoms with Gasteiger partial charge in [-0.15, -0.1) is 0 Å². The largest absolute Gasteiger partial charge is 0.381 e. The van der Waals surface area contributed by atoms with E-state index in [-0.39, 0.29) is 0 Å². The van der Waals surface area contributed by atoms with Gasteiger partial charge >= 0.3 is 0 Å². The van der Waals surface area contributed by atoms with Crippen LogP contribution in [0, 0.1) is 5.41 Å². The third-order valence-electron chi connectivity index (χ3n) is 4.18. The van der Waals surface area contributed by atoms with Gasteiger partial charge in [-0.1, -0.05) is 0 Å². The van der Waals surface area contributed by atoms with Gasteiger partial charge in [0, 0.05) is 32.3 Å². The van der Waals surface area contributed by atoms with Crippen molar-refractivity contribution in [2.75, 3.05) is 52.4 Å². The average Bonchev–Trinajstić information content (AvgIpc) is 2.37. The Balaban J connectivity index is 2.48. The molecule has 1 heterocycles. The van der Waals surface area contributed by atoms with Gasteiger partial charge in [0.2, 0.25) is 0 Å². The summed E-state index contributed by atoms with van der Waals surface area (Å²) in [7, 11) is 4.34. The van der Waals surface area contributed by atoms with Crippen molar-refractivity contribution in [3.05, 3.63) is 0 Å². The fourth-order valence-corrected chi connectivity index (χ4v) is 3.34. The maximum Gasteiger partial charge on any atom is 0.0472 e. The van der Waals surface area contributed by atoms with Crippen molar-refractivity contribution in [3.63, 3.8) is 0 Å². The fourth-order valence-electron chi connectivity index (χ4n) is 2.76. The van der Waals surface area contributed by atoms with E-state index in [2.05, 4.69) is 37.5 Å². The van der Waals surface area contributed by atoms with E-state index in [1.54, 1.807) is 0 Å². The van der Waals surface area contributed by atoms with Crippen LogP contribution in [0.4, 0.5) is 0 Å². The molecule has 18 heavy (non-hydrogen) atoms. The maximum atomic E-state index is 5.53. The summed E-state index contributed by atoms with van der Waals surface area (Å²) >= 11 is 1.94. The second-order valence-corrected chi connectivity index (χ2v) is 6.67. The van der Waals surface area contributed by atoms with E-state index in [4.69, 9.17) is 4.74 Å². The molecule has 1 rings (SSSR count). The van der Waals surface area contributed by atoms with Crippen LogP contribution >= 0.6 is 11.8 Å². The van der Waals surface area contributed by atoms with Gasteiger partial charge < -0.3 is 15.0 Å². The van der Waals surface area contributed by atoms with Crippen molar-refractivity contribution < 1.29 is 4.74 Å². The summed E-state index contributed by atoms with van der Waals surface area (Å²) in [4.78, 5) is 2.54. The monoisotopic (exact) mass is 274 g/mol. The first-order chi connectivity index (χ1) is 8.63. The quantitative estimate of drug-likeness (QED) is 0.732. The molecule has 0 amide bonds. The van der Waals surface area contributed by atoms with Crippen LogP contribution in [-0.4, -0.2) is 63.3 Å². The third kappa shape index (κ3) is 5.08. The Morgan fingerprint density at radius 2 is 2.06 bits per heavy atom. The molecule has 0 aromatic heterocycles. The molecule has 108 valence electrons. The van der Waals surface area contributed by atoms with Crippen molar-refractivity contribution in [2.45, 2.75) is 32.2 Å². The van der Waals surface area contributed by atoms with Gasteiger partial charge in [0.25, 0.3) is 0 Å². The summed E-state index contributed by atoms with van der Waals surface area (Å²) < 4.78 is 5.53. The van der Waals surface area contributed by atoms with Gasteiger partial charge in [-0.25, -0.2) is 0 Å². The van der Waals surface area contributed by atoms with Crippen molar-refractivity contribution in [1.82, 2.24) is 10.2 Å². The lowest BCUT2D eigenvalue weighted by Gasteiger charge is -2.41. The van der Waals surface area contributed by atoms with Crippen LogP contribution < -0.4 is 5.32 Å². The molecule has 4 heteroatoms. The molecular formula is C14H30N2OS. The van der Waals surface area contributed by atoms with E-state index < -0.39 is 0 Å². The van der Waals surface area contributed by atoms with Crippen molar-refractivity contribution >= 4 is 11.8 Å². The molecule has 1 fully saturated rings. The number of hydrogen-bond donors (Lipinski definition) is 1. The summed E-state index contributed by atoms with van der Waals surface area (Å²) in [6, 6.07) is 0.675. The van der Waals surface area contributed by atoms with Crippen LogP contribution in [0.15, 0.2) is 0 Å². The smallest absolute Gasteiger partial charge is 0.0472 e. The number of nitrogens with zero attached hydrogens (tertiary/aromatic N) is 1. The summed E-state index contributed by atoms with van der Waals surface area (Å²) in [5, 5.41) is 3.38. The minimum absolute atomic E-state index is 0.412. The maximum absolute atomic E-state index is 5.53. The first-order valence-electron chi connectivity index (χ1n) is 7.05. The summed E-state index contributed by atoms with van der Waals surface area (Å²) in [5.41, 5.74) is 0.412. The topological polar surface area (TPSA) is 24.5 Å². The van der Waals surface area contributed by atoms with Gasteiger partial charge in [-0.2, -0.15) is 11.8 Å². The van der Waals surface area contributed by atoms with Crippen molar-refractivity contribution in [1.29, 1.82) is 0 Å². The lowest BCUT2D eigenvalue weighted by Crippen LogP contribution is -2.47. The number of hydrogen-bond acceptors (Lipinski definition) is 4. The molecule has 1 aliphatic heterocycles. The van der Waals surface area contributed by atoms with Gasteiger partial charge in [0.15, 0.2) is 0 Å². The first-order valence-corrected chi connectivity index (χ1v) is 8.44. The molecular weight excluding hydrogens is 244 g/mol. The summed E-state index contributed by atoms with van der Waals surface area (Å²) in [5.74, 6) is 1.26. The number of ether oxygens (including phenoxy) is 1. The molecule has 3 nitrogen and oxygen atoms in total. The molecule has 0 aromatic carbocycles. The van der Waals surface area contributed by atoms with Crippen LogP contribution in [0.25, 0.3) is 0 Å². The normalized spacial score (nSPS) is 21.2. The predicted molar refractivity (Wildman–Crippen MR) is 81.5 cm³/mol. The molecule has 1 N–H and O–H groups in total.